The van der Waals surface area contributed by atoms with Gasteiger partial charge in [-0.2, -0.15) is 0 Å². The molecule has 14 atom stereocenters. The Bertz CT molecular complexity index is 1630. The SMILES string of the molecule is C.C=COCCCC.CC=COCCCC.CCC(C)C1CCC2(C)OC2C1.CCC1(CC)COC1.CCC1CC2CC1C1OC21.CCC1CCC2CC2C1.CCCCC1COC(C)(C)O1.CCCOCC1(CC)COC1.CCCOCC1CO1. The zero-order chi connectivity index (χ0) is 61.9. The van der Waals surface area contributed by atoms with Gasteiger partial charge in [0, 0.05) is 24.0 Å². The molecule has 85 heavy (non-hydrogen) atoms. The Morgan fingerprint density at radius 3 is 1.69 bits per heavy atom. The number of allylic oxidation sites excluding steroid dienone is 1. The van der Waals surface area contributed by atoms with Crippen molar-refractivity contribution in [2.75, 3.05) is 79.3 Å². The van der Waals surface area contributed by atoms with E-state index >= 15 is 0 Å². The largest absolute Gasteiger partial charge is 0.502 e. The van der Waals surface area contributed by atoms with Crippen LogP contribution in [0, 0.1) is 58.2 Å². The number of rotatable bonds is 26. The molecule has 11 fully saturated rings. The fraction of sp³-hybridized carbons (Fsp3) is 0.946. The fourth-order valence-electron chi connectivity index (χ4n) is 12.9. The summed E-state index contributed by atoms with van der Waals surface area (Å²) in [4.78, 5) is 0. The van der Waals surface area contributed by atoms with E-state index in [0.717, 1.165) is 159 Å². The highest BCUT2D eigenvalue weighted by molar-refractivity contribution is 5.10. The summed E-state index contributed by atoms with van der Waals surface area (Å²) in [5.74, 6) is 7.95. The second-order valence-corrected chi connectivity index (χ2v) is 27.6. The second kappa shape index (κ2) is 44.3. The molecule has 0 amide bonds. The van der Waals surface area contributed by atoms with Crippen LogP contribution in [-0.4, -0.2) is 121 Å². The zero-order valence-electron chi connectivity index (χ0n) is 57.9. The minimum Gasteiger partial charge on any atom is -0.502 e. The lowest BCUT2D eigenvalue weighted by Crippen LogP contribution is -2.45. The van der Waals surface area contributed by atoms with Crippen molar-refractivity contribution in [3.8, 4) is 0 Å². The Labute approximate surface area is 526 Å². The van der Waals surface area contributed by atoms with E-state index in [9.17, 15) is 0 Å². The van der Waals surface area contributed by atoms with Gasteiger partial charge in [0.05, 0.1) is 109 Å². The van der Waals surface area contributed by atoms with Crippen LogP contribution < -0.4 is 0 Å². The van der Waals surface area contributed by atoms with Gasteiger partial charge in [-0.05, 0) is 178 Å². The number of unbranched alkanes of at least 4 members (excludes halogenated alkanes) is 3. The maximum atomic E-state index is 5.69. The van der Waals surface area contributed by atoms with Crippen LogP contribution in [0.15, 0.2) is 25.2 Å². The summed E-state index contributed by atoms with van der Waals surface area (Å²) < 4.78 is 58.1. The summed E-state index contributed by atoms with van der Waals surface area (Å²) in [6.07, 6.45) is 39.6. The van der Waals surface area contributed by atoms with E-state index in [-0.39, 0.29) is 13.2 Å². The summed E-state index contributed by atoms with van der Waals surface area (Å²) in [5, 5.41) is 0. The third kappa shape index (κ3) is 31.1. The molecular formula is C74H142O11. The monoisotopic (exact) mass is 1210 g/mol. The lowest BCUT2D eigenvalue weighted by Gasteiger charge is -2.40. The van der Waals surface area contributed by atoms with E-state index in [1.54, 1.807) is 25.5 Å². The highest BCUT2D eigenvalue weighted by atomic mass is 16.7. The molecule has 11 heteroatoms. The summed E-state index contributed by atoms with van der Waals surface area (Å²) in [6.45, 7) is 48.9. The molecule has 11 aliphatic rings. The molecule has 5 saturated carbocycles. The Balaban J connectivity index is 0.000000328. The van der Waals surface area contributed by atoms with Crippen molar-refractivity contribution in [3.05, 3.63) is 25.2 Å². The lowest BCUT2D eigenvalue weighted by atomic mass is 9.76. The maximum Gasteiger partial charge on any atom is 0.163 e. The summed E-state index contributed by atoms with van der Waals surface area (Å²) in [7, 11) is 0. The highest BCUT2D eigenvalue weighted by Crippen LogP contribution is 2.59. The van der Waals surface area contributed by atoms with Crippen LogP contribution in [0.5, 0.6) is 0 Å². The van der Waals surface area contributed by atoms with Crippen LogP contribution in [0.25, 0.3) is 0 Å². The number of epoxide rings is 3. The van der Waals surface area contributed by atoms with E-state index in [2.05, 4.69) is 96.6 Å². The molecule has 5 aliphatic carbocycles. The fourth-order valence-corrected chi connectivity index (χ4v) is 12.9. The average Bonchev–Trinajstić information content (AvgIpc) is 2.81. The van der Waals surface area contributed by atoms with Crippen molar-refractivity contribution >= 4 is 0 Å². The minimum absolute atomic E-state index is 0. The first-order chi connectivity index (χ1) is 40.5. The molecule has 0 aromatic carbocycles. The number of ether oxygens (including phenoxy) is 11. The number of hydrogen-bond donors (Lipinski definition) is 0. The summed E-state index contributed by atoms with van der Waals surface area (Å²) in [5.41, 5.74) is 1.26. The highest BCUT2D eigenvalue weighted by Gasteiger charge is 2.62. The van der Waals surface area contributed by atoms with Crippen LogP contribution in [0.3, 0.4) is 0 Å². The van der Waals surface area contributed by atoms with E-state index in [0.29, 0.717) is 34.7 Å². The van der Waals surface area contributed by atoms with Crippen molar-refractivity contribution in [2.24, 2.45) is 58.2 Å². The van der Waals surface area contributed by atoms with Gasteiger partial charge in [-0.3, -0.25) is 0 Å². The molecule has 6 heterocycles. The second-order valence-electron chi connectivity index (χ2n) is 27.6. The molecule has 504 valence electrons. The number of hydrogen-bond acceptors (Lipinski definition) is 11. The molecule has 2 bridgehead atoms. The third-order valence-electron chi connectivity index (χ3n) is 20.2. The van der Waals surface area contributed by atoms with Crippen molar-refractivity contribution in [1.82, 2.24) is 0 Å². The van der Waals surface area contributed by atoms with Crippen molar-refractivity contribution in [3.63, 3.8) is 0 Å². The standard InChI is InChI=1S/C11H20O.2C9H18O2.C9H14O.C9H16.2C7H14O.C6H12O2.C6H12O.CH4/c1-4-8(2)9-5-6-11(3)10(7-9)12-11;1-4-5-6-8-7-10-9(2,3)11-8;1-3-5-10-6-9(4-2)7-11-8-9;1-2-5-3-6-4-7(5)9-8(6)10-9;1-2-7-3-4-8-6-9(8)5-7;1-3-7(4-2)5-8-6-7;1-3-5-7-8-6-4-2;1-2-3-7-4-6-5-8-6;1-3-5-6-7-4-2;/h8-10H,4-7H2,1-3H3;8H,4-7H2,1-3H3;3-8H2,1-2H3;5-9H,2-4H2,1H3;7-9H,2-6H2,1H3;3-6H2,1-2H3;4,6H,3,5,7H2,1-2H3;6H,2-5H2,1H3;4H,2-3,5-6H2,1H3;1H4. The predicted molar refractivity (Wildman–Crippen MR) is 355 cm³/mol. The Morgan fingerprint density at radius 2 is 1.25 bits per heavy atom. The summed E-state index contributed by atoms with van der Waals surface area (Å²) >= 11 is 0. The normalized spacial score (nSPS) is 32.2. The smallest absolute Gasteiger partial charge is 0.163 e. The van der Waals surface area contributed by atoms with Gasteiger partial charge < -0.3 is 52.1 Å². The molecule has 6 saturated heterocycles. The predicted octanol–water partition coefficient (Wildman–Crippen LogP) is 19.4. The van der Waals surface area contributed by atoms with Crippen molar-refractivity contribution < 1.29 is 52.1 Å². The Morgan fingerprint density at radius 1 is 0.612 bits per heavy atom. The molecule has 0 N–H and O–H groups in total. The molecule has 14 unspecified atom stereocenters. The van der Waals surface area contributed by atoms with Crippen molar-refractivity contribution in [1.29, 1.82) is 0 Å². The molecule has 11 rings (SSSR count). The molecule has 6 aliphatic heterocycles. The first kappa shape index (κ1) is 79.8. The van der Waals surface area contributed by atoms with Gasteiger partial charge in [0.1, 0.15) is 6.10 Å². The first-order valence-electron chi connectivity index (χ1n) is 35.5. The molecule has 0 aromatic heterocycles. The minimum atomic E-state index is -0.335. The first-order valence-corrected chi connectivity index (χ1v) is 35.5. The van der Waals surface area contributed by atoms with E-state index in [1.165, 1.54) is 121 Å². The number of fused-ring (bicyclic) bond motifs is 7. The van der Waals surface area contributed by atoms with E-state index in [1.807, 2.05) is 26.8 Å². The topological polar surface area (TPSA) is 111 Å². The Kier molecular flexibility index (Phi) is 41.6. The van der Waals surface area contributed by atoms with Gasteiger partial charge in [0.2, 0.25) is 0 Å². The van der Waals surface area contributed by atoms with Gasteiger partial charge in [-0.1, -0.05) is 155 Å². The Hall–Kier alpha value is -1.28. The van der Waals surface area contributed by atoms with Crippen molar-refractivity contribution in [2.45, 2.75) is 314 Å². The zero-order valence-corrected chi connectivity index (χ0v) is 57.9. The molecular weight excluding hydrogens is 1060 g/mol. The molecule has 0 radical (unpaired) electrons. The lowest BCUT2D eigenvalue weighted by molar-refractivity contribution is -0.150. The van der Waals surface area contributed by atoms with Gasteiger partial charge in [0.25, 0.3) is 0 Å². The molecule has 11 nitrogen and oxygen atoms in total. The van der Waals surface area contributed by atoms with Gasteiger partial charge >= 0.3 is 0 Å². The van der Waals surface area contributed by atoms with Gasteiger partial charge in [-0.15, -0.1) is 0 Å². The van der Waals surface area contributed by atoms with Gasteiger partial charge in [0.15, 0.2) is 5.79 Å². The van der Waals surface area contributed by atoms with Crippen LogP contribution in [0.1, 0.15) is 272 Å². The quantitative estimate of drug-likeness (QED) is 0.0469. The van der Waals surface area contributed by atoms with Crippen LogP contribution >= 0.6 is 0 Å². The van der Waals surface area contributed by atoms with Crippen LogP contribution in [0.2, 0.25) is 0 Å². The maximum absolute atomic E-state index is 5.69. The third-order valence-corrected chi connectivity index (χ3v) is 20.2. The molecule has 0 spiro atoms. The average molecular weight is 1210 g/mol. The van der Waals surface area contributed by atoms with Crippen LogP contribution in [-0.2, 0) is 52.1 Å². The van der Waals surface area contributed by atoms with E-state index < -0.39 is 0 Å². The summed E-state index contributed by atoms with van der Waals surface area (Å²) in [6, 6.07) is 0. The molecule has 0 aromatic rings. The van der Waals surface area contributed by atoms with Gasteiger partial charge in [-0.25, -0.2) is 0 Å². The van der Waals surface area contributed by atoms with E-state index in [4.69, 9.17) is 52.1 Å². The van der Waals surface area contributed by atoms with Crippen LogP contribution in [0.4, 0.5) is 0 Å².